The molecule has 22 heavy (non-hydrogen) atoms. The molecule has 1 aromatic carbocycles. The summed E-state index contributed by atoms with van der Waals surface area (Å²) in [6.07, 6.45) is 4.21. The first-order chi connectivity index (χ1) is 10.8. The number of rotatable bonds is 3. The number of hydrogen-bond donors (Lipinski definition) is 0. The Hall–Kier alpha value is -1.81. The Morgan fingerprint density at radius 3 is 2.55 bits per heavy atom. The van der Waals surface area contributed by atoms with Gasteiger partial charge in [-0.3, -0.25) is 4.90 Å². The summed E-state index contributed by atoms with van der Waals surface area (Å²) < 4.78 is 5.28. The van der Waals surface area contributed by atoms with E-state index in [1.807, 2.05) is 18.2 Å². The van der Waals surface area contributed by atoms with E-state index in [1.54, 1.807) is 7.11 Å². The second-order valence-corrected chi connectivity index (χ2v) is 6.34. The SMILES string of the molecule is COc1ccc2nc(N3CCN(C4CCC4)CC3)ccc2c1. The maximum absolute atomic E-state index is 5.28. The van der Waals surface area contributed by atoms with Crippen LogP contribution in [0, 0.1) is 0 Å². The maximum Gasteiger partial charge on any atom is 0.129 e. The van der Waals surface area contributed by atoms with E-state index in [2.05, 4.69) is 21.9 Å². The third-order valence-corrected chi connectivity index (χ3v) is 5.11. The Balaban J connectivity index is 1.49. The largest absolute Gasteiger partial charge is 0.497 e. The van der Waals surface area contributed by atoms with Crippen molar-refractivity contribution in [3.05, 3.63) is 30.3 Å². The highest BCUT2D eigenvalue weighted by Gasteiger charge is 2.28. The molecule has 1 aromatic heterocycles. The predicted octanol–water partition coefficient (Wildman–Crippen LogP) is 2.92. The fraction of sp³-hybridized carbons (Fsp3) is 0.500. The van der Waals surface area contributed by atoms with E-state index >= 15 is 0 Å². The first-order valence-corrected chi connectivity index (χ1v) is 8.27. The molecule has 4 nitrogen and oxygen atoms in total. The van der Waals surface area contributed by atoms with Gasteiger partial charge in [-0.1, -0.05) is 6.42 Å². The first-order valence-electron chi connectivity index (χ1n) is 8.27. The van der Waals surface area contributed by atoms with Gasteiger partial charge in [0.1, 0.15) is 11.6 Å². The van der Waals surface area contributed by atoms with Crippen molar-refractivity contribution in [2.75, 3.05) is 38.2 Å². The van der Waals surface area contributed by atoms with Crippen molar-refractivity contribution in [1.82, 2.24) is 9.88 Å². The van der Waals surface area contributed by atoms with Gasteiger partial charge < -0.3 is 9.64 Å². The summed E-state index contributed by atoms with van der Waals surface area (Å²) in [5.74, 6) is 1.99. The van der Waals surface area contributed by atoms with Gasteiger partial charge in [-0.2, -0.15) is 0 Å². The number of hydrogen-bond acceptors (Lipinski definition) is 4. The minimum Gasteiger partial charge on any atom is -0.497 e. The summed E-state index contributed by atoms with van der Waals surface area (Å²) >= 11 is 0. The number of piperazine rings is 1. The molecule has 4 heteroatoms. The number of fused-ring (bicyclic) bond motifs is 1. The average molecular weight is 297 g/mol. The number of benzene rings is 1. The molecule has 2 heterocycles. The molecule has 0 amide bonds. The van der Waals surface area contributed by atoms with Crippen molar-refractivity contribution >= 4 is 16.7 Å². The first kappa shape index (κ1) is 13.8. The molecular weight excluding hydrogens is 274 g/mol. The second kappa shape index (κ2) is 5.76. The number of pyridine rings is 1. The summed E-state index contributed by atoms with van der Waals surface area (Å²) in [6, 6.07) is 11.2. The van der Waals surface area contributed by atoms with Crippen LogP contribution in [0.4, 0.5) is 5.82 Å². The van der Waals surface area contributed by atoms with Crippen molar-refractivity contribution in [3.8, 4) is 5.75 Å². The number of aromatic nitrogens is 1. The summed E-state index contributed by atoms with van der Waals surface area (Å²) in [5.41, 5.74) is 1.04. The Morgan fingerprint density at radius 1 is 1.05 bits per heavy atom. The van der Waals surface area contributed by atoms with Gasteiger partial charge in [0.05, 0.1) is 12.6 Å². The van der Waals surface area contributed by atoms with Crippen molar-refractivity contribution in [2.24, 2.45) is 0 Å². The Kier molecular flexibility index (Phi) is 3.62. The van der Waals surface area contributed by atoms with Crippen molar-refractivity contribution in [1.29, 1.82) is 0 Å². The van der Waals surface area contributed by atoms with Gasteiger partial charge in [-0.05, 0) is 43.2 Å². The topological polar surface area (TPSA) is 28.6 Å². The van der Waals surface area contributed by atoms with Gasteiger partial charge in [0.2, 0.25) is 0 Å². The molecule has 0 atom stereocenters. The molecule has 2 aromatic rings. The van der Waals surface area contributed by atoms with Crippen molar-refractivity contribution in [2.45, 2.75) is 25.3 Å². The molecule has 2 aliphatic rings. The lowest BCUT2D eigenvalue weighted by atomic mass is 9.91. The van der Waals surface area contributed by atoms with Crippen molar-refractivity contribution in [3.63, 3.8) is 0 Å². The highest BCUT2D eigenvalue weighted by atomic mass is 16.5. The van der Waals surface area contributed by atoms with Gasteiger partial charge in [0.25, 0.3) is 0 Å². The lowest BCUT2D eigenvalue weighted by Gasteiger charge is -2.43. The molecule has 116 valence electrons. The maximum atomic E-state index is 5.28. The normalized spacial score (nSPS) is 20.1. The fourth-order valence-electron chi connectivity index (χ4n) is 3.46. The quantitative estimate of drug-likeness (QED) is 0.871. The molecule has 0 radical (unpaired) electrons. The number of methoxy groups -OCH3 is 1. The molecular formula is C18H23N3O. The zero-order valence-corrected chi connectivity index (χ0v) is 13.2. The molecule has 0 N–H and O–H groups in total. The standard InChI is InChI=1S/C18H23N3O/c1-22-16-6-7-17-14(13-16)5-8-18(19-17)21-11-9-20(10-12-21)15-3-2-4-15/h5-8,13,15H,2-4,9-12H2,1H3. The number of nitrogens with zero attached hydrogens (tertiary/aromatic N) is 3. The lowest BCUT2D eigenvalue weighted by Crippen LogP contribution is -2.52. The summed E-state index contributed by atoms with van der Waals surface area (Å²) in [7, 11) is 1.70. The van der Waals surface area contributed by atoms with Gasteiger partial charge >= 0.3 is 0 Å². The molecule has 0 bridgehead atoms. The van der Waals surface area contributed by atoms with E-state index in [-0.39, 0.29) is 0 Å². The van der Waals surface area contributed by atoms with Crippen LogP contribution in [-0.2, 0) is 0 Å². The van der Waals surface area contributed by atoms with Crippen molar-refractivity contribution < 1.29 is 4.74 Å². The highest BCUT2D eigenvalue weighted by Crippen LogP contribution is 2.27. The third kappa shape index (κ3) is 2.52. The van der Waals surface area contributed by atoms with E-state index in [0.29, 0.717) is 0 Å². The summed E-state index contributed by atoms with van der Waals surface area (Å²) in [4.78, 5) is 9.90. The zero-order valence-electron chi connectivity index (χ0n) is 13.2. The number of anilines is 1. The summed E-state index contributed by atoms with van der Waals surface area (Å²) in [5, 5.41) is 1.14. The Bertz CT molecular complexity index is 660. The predicted molar refractivity (Wildman–Crippen MR) is 89.7 cm³/mol. The minimum atomic E-state index is 0.860. The third-order valence-electron chi connectivity index (χ3n) is 5.11. The average Bonchev–Trinajstić information content (AvgIpc) is 2.53. The molecule has 1 saturated heterocycles. The molecule has 1 saturated carbocycles. The monoisotopic (exact) mass is 297 g/mol. The minimum absolute atomic E-state index is 0.860. The van der Waals surface area contributed by atoms with E-state index < -0.39 is 0 Å². The van der Waals surface area contributed by atoms with Crippen LogP contribution in [0.15, 0.2) is 30.3 Å². The van der Waals surface area contributed by atoms with Gasteiger partial charge in [-0.15, -0.1) is 0 Å². The molecule has 1 aliphatic carbocycles. The van der Waals surface area contributed by atoms with Gasteiger partial charge in [-0.25, -0.2) is 4.98 Å². The van der Waals surface area contributed by atoms with Gasteiger partial charge in [0, 0.05) is 37.6 Å². The number of ether oxygens (including phenoxy) is 1. The van der Waals surface area contributed by atoms with E-state index in [0.717, 1.165) is 41.6 Å². The highest BCUT2D eigenvalue weighted by molar-refractivity contribution is 5.81. The second-order valence-electron chi connectivity index (χ2n) is 6.34. The Morgan fingerprint density at radius 2 is 1.86 bits per heavy atom. The van der Waals surface area contributed by atoms with Crippen LogP contribution < -0.4 is 9.64 Å². The molecule has 0 unspecified atom stereocenters. The molecule has 4 rings (SSSR count). The summed E-state index contributed by atoms with van der Waals surface area (Å²) in [6.45, 7) is 4.52. The van der Waals surface area contributed by atoms with E-state index in [1.165, 1.54) is 32.4 Å². The molecule has 1 aliphatic heterocycles. The van der Waals surface area contributed by atoms with Crippen LogP contribution in [0.2, 0.25) is 0 Å². The van der Waals surface area contributed by atoms with Crippen LogP contribution in [0.3, 0.4) is 0 Å². The van der Waals surface area contributed by atoms with Crippen LogP contribution in [0.25, 0.3) is 10.9 Å². The molecule has 2 fully saturated rings. The Labute approximate surface area is 131 Å². The van der Waals surface area contributed by atoms with Crippen LogP contribution in [-0.4, -0.2) is 49.2 Å². The van der Waals surface area contributed by atoms with E-state index in [9.17, 15) is 0 Å². The van der Waals surface area contributed by atoms with E-state index in [4.69, 9.17) is 9.72 Å². The van der Waals surface area contributed by atoms with Crippen LogP contribution in [0.1, 0.15) is 19.3 Å². The molecule has 0 spiro atoms. The zero-order chi connectivity index (χ0) is 14.9. The smallest absolute Gasteiger partial charge is 0.129 e. The lowest BCUT2D eigenvalue weighted by molar-refractivity contribution is 0.120. The van der Waals surface area contributed by atoms with Gasteiger partial charge in [0.15, 0.2) is 0 Å². The van der Waals surface area contributed by atoms with Crippen LogP contribution >= 0.6 is 0 Å². The fourth-order valence-corrected chi connectivity index (χ4v) is 3.46. The van der Waals surface area contributed by atoms with Crippen LogP contribution in [0.5, 0.6) is 5.75 Å².